The summed E-state index contributed by atoms with van der Waals surface area (Å²) in [7, 11) is 6.04. The Bertz CT molecular complexity index is 1110. The van der Waals surface area contributed by atoms with Crippen LogP contribution in [0.25, 0.3) is 22.4 Å². The number of anilines is 1. The zero-order valence-corrected chi connectivity index (χ0v) is 19.9. The van der Waals surface area contributed by atoms with Gasteiger partial charge in [0.25, 0.3) is 0 Å². The number of nitrogens with zero attached hydrogens (tertiary/aromatic N) is 5. The number of urea groups is 1. The van der Waals surface area contributed by atoms with Gasteiger partial charge >= 0.3 is 12.6 Å². The van der Waals surface area contributed by atoms with E-state index in [1.807, 2.05) is 0 Å². The Morgan fingerprint density at radius 3 is 2.44 bits per heavy atom. The van der Waals surface area contributed by atoms with E-state index in [2.05, 4.69) is 34.2 Å². The van der Waals surface area contributed by atoms with E-state index in [4.69, 9.17) is 0 Å². The highest BCUT2D eigenvalue weighted by atomic mass is 19.3. The number of halogens is 2. The largest absolute Gasteiger partial charge is 0.326 e. The maximum absolute atomic E-state index is 13.7. The summed E-state index contributed by atoms with van der Waals surface area (Å²) in [5.74, 6) is 0.197. The summed E-state index contributed by atoms with van der Waals surface area (Å²) < 4.78 is 28.4. The van der Waals surface area contributed by atoms with Gasteiger partial charge in [-0.15, -0.1) is 0 Å². The average Bonchev–Trinajstić information content (AvgIpc) is 3.23. The standard InChI is InChI=1S/C25H32F2N6O/c1-30-14-12-20(13-15-30)31(2)16-17-32(3)25(34)28-19-10-8-18(9-11-19)23-29-21-6-4-5-7-22(21)33(23)24(26)27/h4-11,20,24H,12-17H2,1-3H3,(H,28,34). The molecule has 7 nitrogen and oxygen atoms in total. The molecular formula is C25H32F2N6O. The van der Waals surface area contributed by atoms with Crippen LogP contribution in [0.5, 0.6) is 0 Å². The van der Waals surface area contributed by atoms with Gasteiger partial charge in [0.2, 0.25) is 0 Å². The molecule has 2 heterocycles. The molecule has 0 aliphatic carbocycles. The van der Waals surface area contributed by atoms with Crippen molar-refractivity contribution in [2.24, 2.45) is 0 Å². The number of nitrogens with one attached hydrogen (secondary N) is 1. The summed E-state index contributed by atoms with van der Waals surface area (Å²) >= 11 is 0. The number of piperidine rings is 1. The van der Waals surface area contributed by atoms with Gasteiger partial charge in [-0.1, -0.05) is 12.1 Å². The molecule has 0 unspecified atom stereocenters. The number of aromatic nitrogens is 2. The predicted molar refractivity (Wildman–Crippen MR) is 131 cm³/mol. The molecule has 2 aromatic carbocycles. The maximum atomic E-state index is 13.7. The van der Waals surface area contributed by atoms with Crippen LogP contribution in [0.4, 0.5) is 19.3 Å². The van der Waals surface area contributed by atoms with Crippen LogP contribution in [0.2, 0.25) is 0 Å². The minimum Gasteiger partial charge on any atom is -0.326 e. The van der Waals surface area contributed by atoms with Crippen LogP contribution >= 0.6 is 0 Å². The zero-order valence-electron chi connectivity index (χ0n) is 19.9. The van der Waals surface area contributed by atoms with Crippen LogP contribution in [0.1, 0.15) is 19.4 Å². The lowest BCUT2D eigenvalue weighted by atomic mass is 10.0. The van der Waals surface area contributed by atoms with E-state index in [0.717, 1.165) is 37.0 Å². The van der Waals surface area contributed by atoms with Gasteiger partial charge in [-0.25, -0.2) is 9.78 Å². The fourth-order valence-corrected chi connectivity index (χ4v) is 4.39. The molecule has 182 valence electrons. The Labute approximate surface area is 199 Å². The van der Waals surface area contributed by atoms with Crippen LogP contribution in [-0.4, -0.2) is 83.6 Å². The second kappa shape index (κ2) is 10.5. The molecule has 0 saturated carbocycles. The van der Waals surface area contributed by atoms with Crippen molar-refractivity contribution in [3.8, 4) is 11.4 Å². The number of alkyl halides is 2. The van der Waals surface area contributed by atoms with Crippen molar-refractivity contribution in [3.63, 3.8) is 0 Å². The third-order valence-electron chi connectivity index (χ3n) is 6.63. The predicted octanol–water partition coefficient (Wildman–Crippen LogP) is 4.59. The third kappa shape index (κ3) is 5.37. The number of fused-ring (bicyclic) bond motifs is 1. The fourth-order valence-electron chi connectivity index (χ4n) is 4.39. The second-order valence-electron chi connectivity index (χ2n) is 9.02. The number of amides is 2. The van der Waals surface area contributed by atoms with Crippen molar-refractivity contribution in [2.45, 2.75) is 25.4 Å². The molecular weight excluding hydrogens is 438 g/mol. The number of likely N-dealkylation sites (tertiary alicyclic amines) is 1. The van der Waals surface area contributed by atoms with E-state index in [1.165, 1.54) is 0 Å². The first-order valence-electron chi connectivity index (χ1n) is 11.6. The fraction of sp³-hybridized carbons (Fsp3) is 0.440. The third-order valence-corrected chi connectivity index (χ3v) is 6.63. The first kappa shape index (κ1) is 24.1. The minimum absolute atomic E-state index is 0.197. The summed E-state index contributed by atoms with van der Waals surface area (Å²) in [5.41, 5.74) is 2.06. The summed E-state index contributed by atoms with van der Waals surface area (Å²) in [5, 5.41) is 2.88. The number of likely N-dealkylation sites (N-methyl/N-ethyl adjacent to an activating group) is 2. The van der Waals surface area contributed by atoms with Crippen LogP contribution in [-0.2, 0) is 0 Å². The Hall–Kier alpha value is -3.04. The van der Waals surface area contributed by atoms with Crippen molar-refractivity contribution in [1.29, 1.82) is 0 Å². The van der Waals surface area contributed by atoms with Crippen molar-refractivity contribution in [3.05, 3.63) is 48.5 Å². The van der Waals surface area contributed by atoms with Gasteiger partial charge in [0, 0.05) is 37.4 Å². The van der Waals surface area contributed by atoms with Gasteiger partial charge < -0.3 is 20.0 Å². The van der Waals surface area contributed by atoms with E-state index in [-0.39, 0.29) is 11.9 Å². The van der Waals surface area contributed by atoms with Gasteiger partial charge in [-0.3, -0.25) is 4.57 Å². The highest BCUT2D eigenvalue weighted by Crippen LogP contribution is 2.30. The van der Waals surface area contributed by atoms with E-state index in [0.29, 0.717) is 34.9 Å². The number of benzene rings is 2. The van der Waals surface area contributed by atoms with Gasteiger partial charge in [-0.2, -0.15) is 8.78 Å². The number of para-hydroxylation sites is 2. The molecule has 1 aliphatic heterocycles. The number of imidazole rings is 1. The molecule has 2 amide bonds. The molecule has 1 N–H and O–H groups in total. The lowest BCUT2D eigenvalue weighted by Crippen LogP contribution is -2.45. The van der Waals surface area contributed by atoms with Gasteiger partial charge in [0.15, 0.2) is 0 Å². The SMILES string of the molecule is CN1CCC(N(C)CCN(C)C(=O)Nc2ccc(-c3nc4ccccc4n3C(F)F)cc2)CC1. The molecule has 1 saturated heterocycles. The van der Waals surface area contributed by atoms with E-state index in [9.17, 15) is 13.6 Å². The highest BCUT2D eigenvalue weighted by molar-refractivity contribution is 5.89. The molecule has 9 heteroatoms. The molecule has 1 aromatic heterocycles. The lowest BCUT2D eigenvalue weighted by molar-refractivity contribution is 0.0764. The lowest BCUT2D eigenvalue weighted by Gasteiger charge is -2.35. The number of hydrogen-bond donors (Lipinski definition) is 1. The van der Waals surface area contributed by atoms with Gasteiger partial charge in [0.1, 0.15) is 5.82 Å². The minimum atomic E-state index is -2.71. The van der Waals surface area contributed by atoms with Crippen molar-refractivity contribution >= 4 is 22.8 Å². The maximum Gasteiger partial charge on any atom is 0.321 e. The monoisotopic (exact) mass is 470 g/mol. The Morgan fingerprint density at radius 2 is 1.76 bits per heavy atom. The van der Waals surface area contributed by atoms with Crippen LogP contribution < -0.4 is 5.32 Å². The van der Waals surface area contributed by atoms with E-state index >= 15 is 0 Å². The Kier molecular flexibility index (Phi) is 7.43. The Balaban J connectivity index is 1.36. The molecule has 3 aromatic rings. The first-order chi connectivity index (χ1) is 16.3. The van der Waals surface area contributed by atoms with Crippen molar-refractivity contribution < 1.29 is 13.6 Å². The van der Waals surface area contributed by atoms with Crippen LogP contribution in [0.3, 0.4) is 0 Å². The number of hydrogen-bond acceptors (Lipinski definition) is 4. The van der Waals surface area contributed by atoms with E-state index < -0.39 is 6.55 Å². The van der Waals surface area contributed by atoms with Crippen LogP contribution in [0, 0.1) is 0 Å². The second-order valence-corrected chi connectivity index (χ2v) is 9.02. The quantitative estimate of drug-likeness (QED) is 0.549. The summed E-state index contributed by atoms with van der Waals surface area (Å²) in [6.45, 7) is 0.930. The van der Waals surface area contributed by atoms with Crippen molar-refractivity contribution in [1.82, 2.24) is 24.3 Å². The number of carbonyl (C=O) groups excluding carboxylic acids is 1. The Morgan fingerprint density at radius 1 is 1.09 bits per heavy atom. The van der Waals surface area contributed by atoms with E-state index in [1.54, 1.807) is 60.5 Å². The first-order valence-corrected chi connectivity index (χ1v) is 11.6. The average molecular weight is 471 g/mol. The molecule has 34 heavy (non-hydrogen) atoms. The molecule has 0 atom stereocenters. The van der Waals surface area contributed by atoms with Crippen molar-refractivity contribution in [2.75, 3.05) is 52.6 Å². The van der Waals surface area contributed by atoms with Crippen LogP contribution in [0.15, 0.2) is 48.5 Å². The summed E-state index contributed by atoms with van der Waals surface area (Å²) in [6, 6.07) is 14.0. The smallest absolute Gasteiger partial charge is 0.321 e. The molecule has 1 aliphatic rings. The topological polar surface area (TPSA) is 56.6 Å². The summed E-state index contributed by atoms with van der Waals surface area (Å²) in [4.78, 5) is 23.4. The van der Waals surface area contributed by atoms with Gasteiger partial charge in [0.05, 0.1) is 11.0 Å². The zero-order chi connectivity index (χ0) is 24.2. The highest BCUT2D eigenvalue weighted by Gasteiger charge is 2.21. The molecule has 0 radical (unpaired) electrons. The normalized spacial score (nSPS) is 15.4. The number of carbonyl (C=O) groups is 1. The summed E-state index contributed by atoms with van der Waals surface area (Å²) in [6.07, 6.45) is 2.29. The molecule has 0 spiro atoms. The van der Waals surface area contributed by atoms with Gasteiger partial charge in [-0.05, 0) is 76.4 Å². The molecule has 0 bridgehead atoms. The molecule has 4 rings (SSSR count). The molecule has 1 fully saturated rings. The number of rotatable bonds is 7.